The number of methoxy groups -OCH3 is 1. The molecule has 0 saturated carbocycles. The molecule has 2 N–H and O–H groups in total. The van der Waals surface area contributed by atoms with E-state index in [2.05, 4.69) is 12.2 Å². The summed E-state index contributed by atoms with van der Waals surface area (Å²) in [6.45, 7) is 7.89. The summed E-state index contributed by atoms with van der Waals surface area (Å²) >= 11 is 0. The van der Waals surface area contributed by atoms with Crippen LogP contribution in [0.3, 0.4) is 0 Å². The van der Waals surface area contributed by atoms with Crippen LogP contribution in [0.25, 0.3) is 0 Å². The molecule has 0 fully saturated rings. The topological polar surface area (TPSA) is 50.7 Å². The zero-order valence-corrected chi connectivity index (χ0v) is 13.0. The van der Waals surface area contributed by atoms with E-state index in [9.17, 15) is 5.11 Å². The molecule has 0 aliphatic heterocycles. The normalized spacial score (nSPS) is 11.4. The molecule has 0 saturated heterocycles. The Morgan fingerprint density at radius 2 is 1.90 bits per heavy atom. The van der Waals surface area contributed by atoms with Gasteiger partial charge in [0.25, 0.3) is 0 Å². The maximum absolute atomic E-state index is 10.3. The van der Waals surface area contributed by atoms with Crippen LogP contribution in [-0.4, -0.2) is 31.0 Å². The van der Waals surface area contributed by atoms with Crippen molar-refractivity contribution in [2.75, 3.05) is 20.3 Å². The summed E-state index contributed by atoms with van der Waals surface area (Å²) in [5.41, 5.74) is 0.261. The smallest absolute Gasteiger partial charge is 0.165 e. The van der Waals surface area contributed by atoms with E-state index in [1.54, 1.807) is 7.11 Å². The fourth-order valence-corrected chi connectivity index (χ4v) is 1.95. The molecule has 1 rings (SSSR count). The monoisotopic (exact) mass is 281 g/mol. The number of hydrogen-bond donors (Lipinski definition) is 2. The van der Waals surface area contributed by atoms with Gasteiger partial charge in [-0.2, -0.15) is 0 Å². The summed E-state index contributed by atoms with van der Waals surface area (Å²) in [6.07, 6.45) is 1.34. The second-order valence-corrected chi connectivity index (χ2v) is 4.95. The van der Waals surface area contributed by atoms with Gasteiger partial charge in [-0.1, -0.05) is 32.9 Å². The molecule has 4 heteroatoms. The van der Waals surface area contributed by atoms with E-state index in [1.807, 2.05) is 32.0 Å². The van der Waals surface area contributed by atoms with Gasteiger partial charge in [0.1, 0.15) is 6.61 Å². The highest BCUT2D eigenvalue weighted by atomic mass is 16.5. The third kappa shape index (κ3) is 4.39. The van der Waals surface area contributed by atoms with Crippen LogP contribution in [0.2, 0.25) is 0 Å². The molecule has 4 nitrogen and oxygen atoms in total. The van der Waals surface area contributed by atoms with Gasteiger partial charge < -0.3 is 19.9 Å². The van der Waals surface area contributed by atoms with Gasteiger partial charge in [0, 0.05) is 12.1 Å². The Morgan fingerprint density at radius 3 is 2.45 bits per heavy atom. The zero-order valence-electron chi connectivity index (χ0n) is 13.0. The van der Waals surface area contributed by atoms with Crippen LogP contribution in [0, 0.1) is 0 Å². The number of benzene rings is 1. The average Bonchev–Trinajstić information content (AvgIpc) is 2.50. The van der Waals surface area contributed by atoms with Gasteiger partial charge in [-0.3, -0.25) is 0 Å². The highest BCUT2D eigenvalue weighted by molar-refractivity contribution is 5.46. The van der Waals surface area contributed by atoms with Crippen LogP contribution in [0.15, 0.2) is 18.2 Å². The number of para-hydroxylation sites is 1. The molecule has 0 amide bonds. The molecule has 0 aromatic heterocycles. The van der Waals surface area contributed by atoms with Crippen LogP contribution in [0.4, 0.5) is 0 Å². The Kier molecular flexibility index (Phi) is 6.82. The van der Waals surface area contributed by atoms with Crippen molar-refractivity contribution in [3.05, 3.63) is 23.8 Å². The Labute approximate surface area is 122 Å². The molecule has 0 bridgehead atoms. The molecule has 0 heterocycles. The second kappa shape index (κ2) is 8.12. The fourth-order valence-electron chi connectivity index (χ4n) is 1.95. The minimum atomic E-state index is -0.781. The van der Waals surface area contributed by atoms with Crippen LogP contribution in [-0.2, 0) is 6.54 Å². The summed E-state index contributed by atoms with van der Waals surface area (Å²) in [7, 11) is 1.63. The third-order valence-electron chi connectivity index (χ3n) is 3.65. The molecule has 0 atom stereocenters. The zero-order chi connectivity index (χ0) is 15.0. The molecule has 0 spiro atoms. The van der Waals surface area contributed by atoms with Crippen molar-refractivity contribution in [1.29, 1.82) is 0 Å². The first-order valence-corrected chi connectivity index (χ1v) is 7.32. The molecule has 0 aliphatic rings. The SMILES string of the molecule is CCNCc1cccc(OC)c1OCC(O)(CC)CC. The van der Waals surface area contributed by atoms with Crippen molar-refractivity contribution in [2.24, 2.45) is 0 Å². The summed E-state index contributed by atoms with van der Waals surface area (Å²) in [5, 5.41) is 13.6. The first kappa shape index (κ1) is 16.8. The van der Waals surface area contributed by atoms with Crippen molar-refractivity contribution < 1.29 is 14.6 Å². The molecule has 0 unspecified atom stereocenters. The molecular formula is C16H27NO3. The number of aliphatic hydroxyl groups is 1. The predicted molar refractivity (Wildman–Crippen MR) is 81.4 cm³/mol. The fraction of sp³-hybridized carbons (Fsp3) is 0.625. The quantitative estimate of drug-likeness (QED) is 0.731. The van der Waals surface area contributed by atoms with E-state index in [4.69, 9.17) is 9.47 Å². The summed E-state index contributed by atoms with van der Waals surface area (Å²) < 4.78 is 11.3. The molecule has 20 heavy (non-hydrogen) atoms. The van der Waals surface area contributed by atoms with Gasteiger partial charge in [0.2, 0.25) is 0 Å². The van der Waals surface area contributed by atoms with Crippen molar-refractivity contribution in [3.8, 4) is 11.5 Å². The van der Waals surface area contributed by atoms with Gasteiger partial charge >= 0.3 is 0 Å². The molecule has 0 radical (unpaired) electrons. The van der Waals surface area contributed by atoms with Crippen LogP contribution in [0.5, 0.6) is 11.5 Å². The Hall–Kier alpha value is -1.26. The van der Waals surface area contributed by atoms with Gasteiger partial charge in [0.15, 0.2) is 11.5 Å². The second-order valence-electron chi connectivity index (χ2n) is 4.95. The number of nitrogens with one attached hydrogen (secondary N) is 1. The van der Waals surface area contributed by atoms with E-state index < -0.39 is 5.60 Å². The van der Waals surface area contributed by atoms with E-state index >= 15 is 0 Å². The van der Waals surface area contributed by atoms with Crippen LogP contribution in [0.1, 0.15) is 39.2 Å². The highest BCUT2D eigenvalue weighted by Crippen LogP contribution is 2.32. The molecule has 114 valence electrons. The lowest BCUT2D eigenvalue weighted by Crippen LogP contribution is -2.34. The minimum Gasteiger partial charge on any atom is -0.493 e. The summed E-state index contributed by atoms with van der Waals surface area (Å²) in [6, 6.07) is 5.84. The predicted octanol–water partition coefficient (Wildman–Crippen LogP) is 2.73. The number of hydrogen-bond acceptors (Lipinski definition) is 4. The first-order chi connectivity index (χ1) is 9.60. The molecule has 0 aliphatic carbocycles. The number of ether oxygens (including phenoxy) is 2. The number of rotatable bonds is 9. The van der Waals surface area contributed by atoms with Crippen LogP contribution >= 0.6 is 0 Å². The Balaban J connectivity index is 2.90. The lowest BCUT2D eigenvalue weighted by molar-refractivity contribution is -0.0122. The largest absolute Gasteiger partial charge is 0.493 e. The maximum Gasteiger partial charge on any atom is 0.165 e. The van der Waals surface area contributed by atoms with E-state index in [0.717, 1.165) is 24.4 Å². The van der Waals surface area contributed by atoms with E-state index in [0.29, 0.717) is 18.6 Å². The lowest BCUT2D eigenvalue weighted by atomic mass is 9.99. The van der Waals surface area contributed by atoms with Crippen molar-refractivity contribution in [1.82, 2.24) is 5.32 Å². The van der Waals surface area contributed by atoms with E-state index in [1.165, 1.54) is 0 Å². The molecular weight excluding hydrogens is 254 g/mol. The van der Waals surface area contributed by atoms with Crippen molar-refractivity contribution >= 4 is 0 Å². The van der Waals surface area contributed by atoms with Crippen LogP contribution < -0.4 is 14.8 Å². The van der Waals surface area contributed by atoms with Gasteiger partial charge in [0.05, 0.1) is 12.7 Å². The van der Waals surface area contributed by atoms with Crippen molar-refractivity contribution in [3.63, 3.8) is 0 Å². The van der Waals surface area contributed by atoms with Gasteiger partial charge in [-0.05, 0) is 25.5 Å². The highest BCUT2D eigenvalue weighted by Gasteiger charge is 2.24. The van der Waals surface area contributed by atoms with E-state index in [-0.39, 0.29) is 6.61 Å². The van der Waals surface area contributed by atoms with Gasteiger partial charge in [-0.25, -0.2) is 0 Å². The Morgan fingerprint density at radius 1 is 1.20 bits per heavy atom. The van der Waals surface area contributed by atoms with Crippen molar-refractivity contribution in [2.45, 2.75) is 45.8 Å². The Bertz CT molecular complexity index is 403. The average molecular weight is 281 g/mol. The molecule has 1 aromatic rings. The lowest BCUT2D eigenvalue weighted by Gasteiger charge is -2.26. The first-order valence-electron chi connectivity index (χ1n) is 7.32. The minimum absolute atomic E-state index is 0.277. The maximum atomic E-state index is 10.3. The molecule has 1 aromatic carbocycles. The third-order valence-corrected chi connectivity index (χ3v) is 3.65. The standard InChI is InChI=1S/C16H27NO3/c1-5-16(18,6-2)12-20-15-13(11-17-7-3)9-8-10-14(15)19-4/h8-10,17-18H,5-7,11-12H2,1-4H3. The van der Waals surface area contributed by atoms with Gasteiger partial charge in [-0.15, -0.1) is 0 Å². The summed E-state index contributed by atoms with van der Waals surface area (Å²) in [5.74, 6) is 1.42. The summed E-state index contributed by atoms with van der Waals surface area (Å²) in [4.78, 5) is 0.